The average molecular weight is 196 g/mol. The number of hydrogen-bond acceptors (Lipinski definition) is 3. The minimum atomic E-state index is 0.256. The van der Waals surface area contributed by atoms with Crippen molar-refractivity contribution >= 4 is 17.4 Å². The molecule has 3 nitrogen and oxygen atoms in total. The lowest BCUT2D eigenvalue weighted by Gasteiger charge is -2.01. The number of aromatic nitrogens is 2. The van der Waals surface area contributed by atoms with Crippen LogP contribution in [0.2, 0.25) is 5.28 Å². The highest BCUT2D eigenvalue weighted by atomic mass is 35.5. The molecule has 0 aliphatic heterocycles. The van der Waals surface area contributed by atoms with Gasteiger partial charge in [0.1, 0.15) is 5.82 Å². The summed E-state index contributed by atoms with van der Waals surface area (Å²) in [4.78, 5) is 7.74. The maximum Gasteiger partial charge on any atom is 0.224 e. The minimum Gasteiger partial charge on any atom is -0.369 e. The fourth-order valence-corrected chi connectivity index (χ4v) is 0.959. The minimum absolute atomic E-state index is 0.256. The second-order valence-corrected chi connectivity index (χ2v) is 2.65. The Bertz CT molecular complexity index is 327. The third-order valence-electron chi connectivity index (χ3n) is 1.36. The van der Waals surface area contributed by atoms with Crippen molar-refractivity contribution in [1.29, 1.82) is 0 Å². The van der Waals surface area contributed by atoms with Crippen LogP contribution in [0.1, 0.15) is 13.3 Å². The van der Waals surface area contributed by atoms with E-state index in [2.05, 4.69) is 27.1 Å². The highest BCUT2D eigenvalue weighted by Gasteiger charge is 1.93. The molecule has 13 heavy (non-hydrogen) atoms. The van der Waals surface area contributed by atoms with Crippen molar-refractivity contribution in [3.8, 4) is 11.8 Å². The van der Waals surface area contributed by atoms with Crippen LogP contribution in [-0.4, -0.2) is 16.5 Å². The van der Waals surface area contributed by atoms with Crippen LogP contribution in [0.3, 0.4) is 0 Å². The maximum atomic E-state index is 5.59. The third kappa shape index (κ3) is 3.77. The molecule has 1 rings (SSSR count). The number of anilines is 1. The largest absolute Gasteiger partial charge is 0.369 e. The standard InChI is InChI=1S/C9H10ClN3/c1-2-3-4-6-11-8-5-7-12-9(10)13-8/h5,7H,4,6H2,1H3,(H,11,12,13). The first kappa shape index (κ1) is 9.82. The van der Waals surface area contributed by atoms with Crippen LogP contribution in [0, 0.1) is 11.8 Å². The van der Waals surface area contributed by atoms with Crippen molar-refractivity contribution in [2.75, 3.05) is 11.9 Å². The summed E-state index contributed by atoms with van der Waals surface area (Å²) in [6.45, 7) is 2.59. The molecule has 1 N–H and O–H groups in total. The van der Waals surface area contributed by atoms with Crippen LogP contribution in [0.15, 0.2) is 12.3 Å². The summed E-state index contributed by atoms with van der Waals surface area (Å²) >= 11 is 5.59. The fraction of sp³-hybridized carbons (Fsp3) is 0.333. The molecule has 0 atom stereocenters. The van der Waals surface area contributed by atoms with Crippen molar-refractivity contribution in [3.63, 3.8) is 0 Å². The van der Waals surface area contributed by atoms with E-state index < -0.39 is 0 Å². The van der Waals surface area contributed by atoms with Gasteiger partial charge in [0.15, 0.2) is 0 Å². The van der Waals surface area contributed by atoms with Crippen molar-refractivity contribution in [1.82, 2.24) is 9.97 Å². The first-order valence-electron chi connectivity index (χ1n) is 3.95. The van der Waals surface area contributed by atoms with Crippen LogP contribution in [-0.2, 0) is 0 Å². The number of hydrogen-bond donors (Lipinski definition) is 1. The second-order valence-electron chi connectivity index (χ2n) is 2.31. The van der Waals surface area contributed by atoms with Gasteiger partial charge in [-0.25, -0.2) is 9.97 Å². The molecule has 4 heteroatoms. The summed E-state index contributed by atoms with van der Waals surface area (Å²) < 4.78 is 0. The first-order valence-corrected chi connectivity index (χ1v) is 4.33. The zero-order valence-corrected chi connectivity index (χ0v) is 8.10. The molecule has 0 saturated carbocycles. The zero-order chi connectivity index (χ0) is 9.52. The summed E-state index contributed by atoms with van der Waals surface area (Å²) in [6.07, 6.45) is 2.42. The lowest BCUT2D eigenvalue weighted by atomic mass is 10.4. The molecule has 68 valence electrons. The molecule has 0 amide bonds. The molecule has 1 aromatic rings. The van der Waals surface area contributed by atoms with Gasteiger partial charge in [-0.2, -0.15) is 0 Å². The van der Waals surface area contributed by atoms with Gasteiger partial charge in [-0.15, -0.1) is 11.8 Å². The normalized spacial score (nSPS) is 8.77. The molecule has 0 aliphatic rings. The smallest absolute Gasteiger partial charge is 0.224 e. The highest BCUT2D eigenvalue weighted by Crippen LogP contribution is 2.05. The molecule has 0 bridgehead atoms. The summed E-state index contributed by atoms with van der Waals surface area (Å²) in [5.41, 5.74) is 0. The monoisotopic (exact) mass is 195 g/mol. The van der Waals surface area contributed by atoms with Crippen LogP contribution in [0.4, 0.5) is 5.82 Å². The first-order chi connectivity index (χ1) is 6.33. The summed E-state index contributed by atoms with van der Waals surface area (Å²) in [6, 6.07) is 1.77. The number of nitrogens with one attached hydrogen (secondary N) is 1. The van der Waals surface area contributed by atoms with Crippen LogP contribution < -0.4 is 5.32 Å². The lowest BCUT2D eigenvalue weighted by molar-refractivity contribution is 1.05. The maximum absolute atomic E-state index is 5.59. The summed E-state index contributed by atoms with van der Waals surface area (Å²) in [7, 11) is 0. The van der Waals surface area contributed by atoms with E-state index in [-0.39, 0.29) is 5.28 Å². The Labute approximate surface area is 82.5 Å². The van der Waals surface area contributed by atoms with E-state index in [4.69, 9.17) is 11.6 Å². The van der Waals surface area contributed by atoms with Gasteiger partial charge in [0, 0.05) is 19.2 Å². The Hall–Kier alpha value is -1.27. The number of nitrogens with zero attached hydrogens (tertiary/aromatic N) is 2. The molecular formula is C9H10ClN3. The van der Waals surface area contributed by atoms with E-state index >= 15 is 0 Å². The van der Waals surface area contributed by atoms with Crippen LogP contribution in [0.5, 0.6) is 0 Å². The van der Waals surface area contributed by atoms with Crippen molar-refractivity contribution in [2.24, 2.45) is 0 Å². The van der Waals surface area contributed by atoms with Crippen LogP contribution >= 0.6 is 11.6 Å². The van der Waals surface area contributed by atoms with E-state index in [9.17, 15) is 0 Å². The third-order valence-corrected chi connectivity index (χ3v) is 1.54. The van der Waals surface area contributed by atoms with Gasteiger partial charge in [-0.05, 0) is 24.6 Å². The lowest BCUT2D eigenvalue weighted by Crippen LogP contribution is -2.02. The van der Waals surface area contributed by atoms with Gasteiger partial charge in [0.25, 0.3) is 0 Å². The summed E-state index contributed by atoms with van der Waals surface area (Å²) in [5, 5.41) is 3.34. The summed E-state index contributed by atoms with van der Waals surface area (Å²) in [5.74, 6) is 6.49. The average Bonchev–Trinajstić information content (AvgIpc) is 2.13. The van der Waals surface area contributed by atoms with E-state index in [1.165, 1.54) is 0 Å². The Morgan fingerprint density at radius 3 is 3.15 bits per heavy atom. The molecular weight excluding hydrogens is 186 g/mol. The van der Waals surface area contributed by atoms with Gasteiger partial charge >= 0.3 is 0 Å². The zero-order valence-electron chi connectivity index (χ0n) is 7.34. The Morgan fingerprint density at radius 2 is 2.46 bits per heavy atom. The van der Waals surface area contributed by atoms with Crippen molar-refractivity contribution < 1.29 is 0 Å². The Morgan fingerprint density at radius 1 is 1.62 bits per heavy atom. The molecule has 0 unspecified atom stereocenters. The van der Waals surface area contributed by atoms with E-state index in [1.54, 1.807) is 12.3 Å². The Kier molecular flexibility index (Phi) is 4.07. The molecule has 1 aromatic heterocycles. The van der Waals surface area contributed by atoms with Crippen molar-refractivity contribution in [2.45, 2.75) is 13.3 Å². The second kappa shape index (κ2) is 5.39. The van der Waals surface area contributed by atoms with Gasteiger partial charge in [0.05, 0.1) is 0 Å². The van der Waals surface area contributed by atoms with Crippen LogP contribution in [0.25, 0.3) is 0 Å². The van der Waals surface area contributed by atoms with Gasteiger partial charge < -0.3 is 5.32 Å². The van der Waals surface area contributed by atoms with Gasteiger partial charge in [-0.3, -0.25) is 0 Å². The molecule has 0 saturated heterocycles. The van der Waals surface area contributed by atoms with Gasteiger partial charge in [0.2, 0.25) is 5.28 Å². The van der Waals surface area contributed by atoms with E-state index in [0.29, 0.717) is 0 Å². The number of halogens is 1. The van der Waals surface area contributed by atoms with Gasteiger partial charge in [-0.1, -0.05) is 0 Å². The SMILES string of the molecule is CC#CCCNc1ccnc(Cl)n1. The Balaban J connectivity index is 2.39. The quantitative estimate of drug-likeness (QED) is 0.455. The van der Waals surface area contributed by atoms with E-state index in [0.717, 1.165) is 18.8 Å². The fourth-order valence-electron chi connectivity index (χ4n) is 0.811. The number of rotatable bonds is 3. The van der Waals surface area contributed by atoms with Crippen molar-refractivity contribution in [3.05, 3.63) is 17.5 Å². The molecule has 1 heterocycles. The molecule has 0 spiro atoms. The topological polar surface area (TPSA) is 37.8 Å². The predicted molar refractivity (Wildman–Crippen MR) is 53.6 cm³/mol. The molecule has 0 aromatic carbocycles. The molecule has 0 radical (unpaired) electrons. The molecule has 0 fully saturated rings. The highest BCUT2D eigenvalue weighted by molar-refractivity contribution is 6.28. The van der Waals surface area contributed by atoms with E-state index in [1.807, 2.05) is 6.92 Å². The molecule has 0 aliphatic carbocycles. The predicted octanol–water partition coefficient (Wildman–Crippen LogP) is 1.96.